The van der Waals surface area contributed by atoms with Crippen LogP contribution in [0.2, 0.25) is 0 Å². The average molecular weight is 369 g/mol. The molecule has 0 unspecified atom stereocenters. The van der Waals surface area contributed by atoms with E-state index in [2.05, 4.69) is 10.1 Å². The largest absolute Gasteiger partial charge is 0.489 e. The minimum Gasteiger partial charge on any atom is -0.489 e. The van der Waals surface area contributed by atoms with E-state index in [1.807, 2.05) is 42.5 Å². The van der Waals surface area contributed by atoms with Crippen molar-refractivity contribution in [3.8, 4) is 11.5 Å². The summed E-state index contributed by atoms with van der Waals surface area (Å²) in [5, 5.41) is 2.74. The normalized spacial score (nSPS) is 10.5. The molecule has 0 fully saturated rings. The molecule has 0 atom stereocenters. The first-order valence-corrected chi connectivity index (χ1v) is 8.24. The lowest BCUT2D eigenvalue weighted by Crippen LogP contribution is -2.15. The van der Waals surface area contributed by atoms with Gasteiger partial charge in [0.1, 0.15) is 18.1 Å². The van der Waals surface area contributed by atoms with Gasteiger partial charge in [-0.15, -0.1) is 0 Å². The van der Waals surface area contributed by atoms with Crippen LogP contribution in [-0.4, -0.2) is 12.5 Å². The van der Waals surface area contributed by atoms with Gasteiger partial charge in [0.25, 0.3) is 5.91 Å². The van der Waals surface area contributed by atoms with Gasteiger partial charge in [-0.1, -0.05) is 36.4 Å². The molecule has 3 aromatic carbocycles. The zero-order chi connectivity index (χ0) is 19.1. The Labute approximate surface area is 155 Å². The topological polar surface area (TPSA) is 47.6 Å². The lowest BCUT2D eigenvalue weighted by Gasteiger charge is -2.12. The van der Waals surface area contributed by atoms with Crippen molar-refractivity contribution in [2.24, 2.45) is 0 Å². The molecule has 0 aliphatic heterocycles. The first-order valence-electron chi connectivity index (χ1n) is 8.24. The Kier molecular flexibility index (Phi) is 5.99. The fraction of sp³-hybridized carbons (Fsp3) is 0.0952. The second-order valence-corrected chi connectivity index (χ2v) is 5.62. The van der Waals surface area contributed by atoms with Gasteiger partial charge in [-0.25, -0.2) is 0 Å². The Morgan fingerprint density at radius 2 is 1.52 bits per heavy atom. The summed E-state index contributed by atoms with van der Waals surface area (Å²) in [6.45, 7) is -2.64. The second kappa shape index (κ2) is 8.80. The fourth-order valence-corrected chi connectivity index (χ4v) is 2.46. The minimum atomic E-state index is -2.89. The molecule has 0 aromatic heterocycles. The zero-order valence-electron chi connectivity index (χ0n) is 14.3. The maximum Gasteiger partial charge on any atom is 0.387 e. The van der Waals surface area contributed by atoms with E-state index in [0.717, 1.165) is 5.56 Å². The fourth-order valence-electron chi connectivity index (χ4n) is 2.46. The predicted molar refractivity (Wildman–Crippen MR) is 98.2 cm³/mol. The summed E-state index contributed by atoms with van der Waals surface area (Å²) < 4.78 is 34.4. The molecular formula is C21H17F2NO3. The van der Waals surface area contributed by atoms with E-state index in [9.17, 15) is 13.6 Å². The number of para-hydroxylation sites is 1. The van der Waals surface area contributed by atoms with E-state index < -0.39 is 6.61 Å². The van der Waals surface area contributed by atoms with Gasteiger partial charge in [0, 0.05) is 16.8 Å². The maximum atomic E-state index is 12.6. The summed E-state index contributed by atoms with van der Waals surface area (Å²) >= 11 is 0. The van der Waals surface area contributed by atoms with Gasteiger partial charge in [-0.3, -0.25) is 4.79 Å². The molecule has 0 aliphatic carbocycles. The van der Waals surface area contributed by atoms with Crippen molar-refractivity contribution in [1.82, 2.24) is 0 Å². The average Bonchev–Trinajstić information content (AvgIpc) is 2.68. The van der Waals surface area contributed by atoms with Gasteiger partial charge in [0.2, 0.25) is 0 Å². The number of nitrogens with one attached hydrogen (secondary N) is 1. The number of alkyl halides is 2. The second-order valence-electron chi connectivity index (χ2n) is 5.62. The number of carbonyl (C=O) groups excluding carboxylic acids is 1. The molecule has 1 N–H and O–H groups in total. The number of halogens is 2. The molecule has 0 saturated heterocycles. The highest BCUT2D eigenvalue weighted by molar-refractivity contribution is 6.05. The van der Waals surface area contributed by atoms with E-state index >= 15 is 0 Å². The number of benzene rings is 3. The molecule has 3 rings (SSSR count). The smallest absolute Gasteiger partial charge is 0.387 e. The van der Waals surface area contributed by atoms with Crippen LogP contribution in [0.5, 0.6) is 11.5 Å². The lowest BCUT2D eigenvalue weighted by atomic mass is 10.1. The van der Waals surface area contributed by atoms with Crippen LogP contribution in [0.15, 0.2) is 78.9 Å². The number of amides is 1. The minimum absolute atomic E-state index is 0.0275. The molecular weight excluding hydrogens is 352 g/mol. The summed E-state index contributed by atoms with van der Waals surface area (Å²) in [4.78, 5) is 12.6. The molecule has 0 aliphatic rings. The number of hydrogen-bond acceptors (Lipinski definition) is 3. The van der Waals surface area contributed by atoms with Gasteiger partial charge >= 0.3 is 6.61 Å². The van der Waals surface area contributed by atoms with Crippen molar-refractivity contribution in [2.45, 2.75) is 13.2 Å². The zero-order valence-corrected chi connectivity index (χ0v) is 14.3. The van der Waals surface area contributed by atoms with Gasteiger partial charge in [0.15, 0.2) is 0 Å². The van der Waals surface area contributed by atoms with Gasteiger partial charge in [0.05, 0.1) is 0 Å². The van der Waals surface area contributed by atoms with Crippen molar-refractivity contribution in [1.29, 1.82) is 0 Å². The molecule has 1 amide bonds. The summed E-state index contributed by atoms with van der Waals surface area (Å²) in [5.74, 6) is 0.423. The van der Waals surface area contributed by atoms with Crippen molar-refractivity contribution in [2.75, 3.05) is 5.32 Å². The van der Waals surface area contributed by atoms with Crippen LogP contribution in [0.4, 0.5) is 14.5 Å². The lowest BCUT2D eigenvalue weighted by molar-refractivity contribution is -0.0498. The third-order valence-electron chi connectivity index (χ3n) is 3.74. The van der Waals surface area contributed by atoms with Crippen molar-refractivity contribution in [3.63, 3.8) is 0 Å². The number of rotatable bonds is 7. The third-order valence-corrected chi connectivity index (χ3v) is 3.74. The summed E-state index contributed by atoms with van der Waals surface area (Å²) in [6.07, 6.45) is 0. The molecule has 27 heavy (non-hydrogen) atoms. The predicted octanol–water partition coefficient (Wildman–Crippen LogP) is 5.12. The molecule has 0 spiro atoms. The number of anilines is 1. The molecule has 4 nitrogen and oxygen atoms in total. The highest BCUT2D eigenvalue weighted by Crippen LogP contribution is 2.20. The first kappa shape index (κ1) is 18.4. The molecule has 6 heteroatoms. The van der Waals surface area contributed by atoms with Crippen LogP contribution in [-0.2, 0) is 6.61 Å². The highest BCUT2D eigenvalue weighted by Gasteiger charge is 2.12. The standard InChI is InChI=1S/C21H17F2NO3/c22-21(23)27-18-12-10-16(11-13-18)24-20(25)19-9-5-4-6-15(19)14-26-17-7-2-1-3-8-17/h1-13,21H,14H2,(H,24,25). The van der Waals surface area contributed by atoms with E-state index in [1.54, 1.807) is 12.1 Å². The van der Waals surface area contributed by atoms with Crippen LogP contribution in [0.3, 0.4) is 0 Å². The van der Waals surface area contributed by atoms with Crippen LogP contribution in [0.1, 0.15) is 15.9 Å². The molecule has 0 heterocycles. The highest BCUT2D eigenvalue weighted by atomic mass is 19.3. The Morgan fingerprint density at radius 1 is 0.852 bits per heavy atom. The van der Waals surface area contributed by atoms with E-state index in [1.165, 1.54) is 24.3 Å². The number of ether oxygens (including phenoxy) is 2. The quantitative estimate of drug-likeness (QED) is 0.629. The Balaban J connectivity index is 1.67. The first-order chi connectivity index (χ1) is 13.1. The van der Waals surface area contributed by atoms with Crippen molar-refractivity contribution < 1.29 is 23.0 Å². The Bertz CT molecular complexity index is 883. The molecule has 138 valence electrons. The monoisotopic (exact) mass is 369 g/mol. The maximum absolute atomic E-state index is 12.6. The molecule has 0 radical (unpaired) electrons. The van der Waals surface area contributed by atoms with E-state index in [-0.39, 0.29) is 18.3 Å². The summed E-state index contributed by atoms with van der Waals surface area (Å²) in [5.41, 5.74) is 1.68. The van der Waals surface area contributed by atoms with Crippen molar-refractivity contribution in [3.05, 3.63) is 90.0 Å². The molecule has 3 aromatic rings. The Hall–Kier alpha value is -3.41. The van der Waals surface area contributed by atoms with Crippen LogP contribution in [0.25, 0.3) is 0 Å². The van der Waals surface area contributed by atoms with Crippen LogP contribution < -0.4 is 14.8 Å². The van der Waals surface area contributed by atoms with Crippen molar-refractivity contribution >= 4 is 11.6 Å². The summed E-state index contributed by atoms with van der Waals surface area (Å²) in [6, 6.07) is 22.2. The van der Waals surface area contributed by atoms with Gasteiger partial charge < -0.3 is 14.8 Å². The molecule has 0 saturated carbocycles. The molecule has 0 bridgehead atoms. The van der Waals surface area contributed by atoms with Crippen LogP contribution >= 0.6 is 0 Å². The SMILES string of the molecule is O=C(Nc1ccc(OC(F)F)cc1)c1ccccc1COc1ccccc1. The van der Waals surface area contributed by atoms with Gasteiger partial charge in [-0.2, -0.15) is 8.78 Å². The third kappa shape index (κ3) is 5.28. The number of carbonyl (C=O) groups is 1. The van der Waals surface area contributed by atoms with Crippen LogP contribution in [0, 0.1) is 0 Å². The van der Waals surface area contributed by atoms with E-state index in [4.69, 9.17) is 4.74 Å². The summed E-state index contributed by atoms with van der Waals surface area (Å²) in [7, 11) is 0. The van der Waals surface area contributed by atoms with E-state index in [0.29, 0.717) is 17.0 Å². The Morgan fingerprint density at radius 3 is 2.22 bits per heavy atom. The van der Waals surface area contributed by atoms with Gasteiger partial charge in [-0.05, 0) is 42.5 Å². The number of hydrogen-bond donors (Lipinski definition) is 1.